The molecular formula is C26H27F3N8O. The van der Waals surface area contributed by atoms with E-state index in [1.807, 2.05) is 9.80 Å². The Bertz CT molecular complexity index is 1420. The van der Waals surface area contributed by atoms with Crippen molar-refractivity contribution in [1.29, 1.82) is 0 Å². The molecule has 0 atom stereocenters. The van der Waals surface area contributed by atoms with Crippen LogP contribution in [-0.2, 0) is 4.74 Å². The number of morpholine rings is 1. The SMILES string of the molecule is Fc1ccccc1NC1CCN(c2nc(N3CCOCC3)nc(-n3c(C(F)F)nc4ccccc43)n2)CC1. The van der Waals surface area contributed by atoms with E-state index in [1.54, 1.807) is 42.5 Å². The zero-order chi connectivity index (χ0) is 26.1. The van der Waals surface area contributed by atoms with Crippen LogP contribution < -0.4 is 15.1 Å². The Balaban J connectivity index is 1.33. The number of halogens is 3. The van der Waals surface area contributed by atoms with E-state index in [0.29, 0.717) is 68.0 Å². The van der Waals surface area contributed by atoms with Crippen molar-refractivity contribution in [2.45, 2.75) is 25.3 Å². The van der Waals surface area contributed by atoms with Crippen molar-refractivity contribution in [3.05, 3.63) is 60.2 Å². The Kier molecular flexibility index (Phi) is 6.71. The van der Waals surface area contributed by atoms with Gasteiger partial charge in [0.25, 0.3) is 6.43 Å². The Morgan fingerprint density at radius 1 is 0.789 bits per heavy atom. The van der Waals surface area contributed by atoms with E-state index in [2.05, 4.69) is 20.3 Å². The molecule has 9 nitrogen and oxygen atoms in total. The fourth-order valence-corrected chi connectivity index (χ4v) is 4.91. The van der Waals surface area contributed by atoms with Crippen LogP contribution in [0, 0.1) is 5.82 Å². The van der Waals surface area contributed by atoms with Crippen LogP contribution >= 0.6 is 0 Å². The molecule has 12 heteroatoms. The zero-order valence-electron chi connectivity index (χ0n) is 20.6. The molecule has 0 radical (unpaired) electrons. The fraction of sp³-hybridized carbons (Fsp3) is 0.385. The number of nitrogens with zero attached hydrogens (tertiary/aromatic N) is 7. The Hall–Kier alpha value is -3.93. The van der Waals surface area contributed by atoms with Crippen molar-refractivity contribution < 1.29 is 17.9 Å². The molecule has 2 aliphatic heterocycles. The molecule has 0 bridgehead atoms. The average Bonchev–Trinajstić information content (AvgIpc) is 3.35. The lowest BCUT2D eigenvalue weighted by molar-refractivity contribution is 0.122. The molecule has 198 valence electrons. The van der Waals surface area contributed by atoms with Crippen LogP contribution in [0.1, 0.15) is 25.1 Å². The van der Waals surface area contributed by atoms with Gasteiger partial charge in [-0.05, 0) is 37.1 Å². The van der Waals surface area contributed by atoms with E-state index in [0.717, 1.165) is 12.8 Å². The number of fused-ring (bicyclic) bond motifs is 1. The first-order chi connectivity index (χ1) is 18.6. The summed E-state index contributed by atoms with van der Waals surface area (Å²) in [5.74, 6) is 0.238. The predicted molar refractivity (Wildman–Crippen MR) is 138 cm³/mol. The minimum absolute atomic E-state index is 0.0891. The number of piperidine rings is 1. The molecule has 4 aromatic rings. The fourth-order valence-electron chi connectivity index (χ4n) is 4.91. The molecule has 2 aromatic heterocycles. The van der Waals surface area contributed by atoms with Gasteiger partial charge in [0, 0.05) is 32.2 Å². The second kappa shape index (κ2) is 10.4. The van der Waals surface area contributed by atoms with Crippen molar-refractivity contribution in [2.24, 2.45) is 0 Å². The molecule has 4 heterocycles. The molecule has 0 unspecified atom stereocenters. The number of anilines is 3. The number of rotatable bonds is 6. The van der Waals surface area contributed by atoms with E-state index in [9.17, 15) is 13.2 Å². The van der Waals surface area contributed by atoms with Gasteiger partial charge in [0.05, 0.1) is 29.9 Å². The molecule has 2 fully saturated rings. The highest BCUT2D eigenvalue weighted by atomic mass is 19.3. The maximum Gasteiger partial charge on any atom is 0.296 e. The van der Waals surface area contributed by atoms with Crippen LogP contribution in [0.15, 0.2) is 48.5 Å². The number of hydrogen-bond donors (Lipinski definition) is 1. The number of alkyl halides is 2. The van der Waals surface area contributed by atoms with Gasteiger partial charge in [0.1, 0.15) is 5.82 Å². The standard InChI is InChI=1S/C26H27F3N8O/c27-18-5-1-2-6-19(18)30-17-9-11-35(12-10-17)24-32-25(36-13-15-38-16-14-36)34-26(33-24)37-21-8-4-3-7-20(21)31-23(37)22(28)29/h1-8,17,22,30H,9-16H2. The zero-order valence-corrected chi connectivity index (χ0v) is 20.6. The third-order valence-electron chi connectivity index (χ3n) is 6.89. The predicted octanol–water partition coefficient (Wildman–Crippen LogP) is 4.20. The minimum atomic E-state index is -2.81. The summed E-state index contributed by atoms with van der Waals surface area (Å²) in [6.45, 7) is 3.46. The van der Waals surface area contributed by atoms with Gasteiger partial charge in [-0.15, -0.1) is 0 Å². The van der Waals surface area contributed by atoms with Crippen molar-refractivity contribution in [3.8, 4) is 5.95 Å². The molecular weight excluding hydrogens is 497 g/mol. The number of nitrogens with one attached hydrogen (secondary N) is 1. The number of imidazole rings is 1. The van der Waals surface area contributed by atoms with Crippen LogP contribution in [-0.4, -0.2) is 69.9 Å². The Morgan fingerprint density at radius 3 is 2.13 bits per heavy atom. The maximum absolute atomic E-state index is 14.1. The minimum Gasteiger partial charge on any atom is -0.380 e. The van der Waals surface area contributed by atoms with Crippen molar-refractivity contribution >= 4 is 28.6 Å². The normalized spacial score (nSPS) is 16.9. The highest BCUT2D eigenvalue weighted by molar-refractivity contribution is 5.77. The molecule has 2 aliphatic rings. The molecule has 0 amide bonds. The molecule has 0 spiro atoms. The van der Waals surface area contributed by atoms with Crippen molar-refractivity contribution in [2.75, 3.05) is 54.5 Å². The summed E-state index contributed by atoms with van der Waals surface area (Å²) in [7, 11) is 0. The van der Waals surface area contributed by atoms with Crippen molar-refractivity contribution in [3.63, 3.8) is 0 Å². The first-order valence-electron chi connectivity index (χ1n) is 12.7. The summed E-state index contributed by atoms with van der Waals surface area (Å²) < 4.78 is 49.1. The van der Waals surface area contributed by atoms with E-state index in [-0.39, 0.29) is 17.8 Å². The van der Waals surface area contributed by atoms with Crippen LogP contribution in [0.3, 0.4) is 0 Å². The lowest BCUT2D eigenvalue weighted by Crippen LogP contribution is -2.41. The van der Waals surface area contributed by atoms with Gasteiger partial charge in [-0.1, -0.05) is 24.3 Å². The second-order valence-electron chi connectivity index (χ2n) is 9.32. The van der Waals surface area contributed by atoms with Gasteiger partial charge in [0.2, 0.25) is 17.8 Å². The molecule has 2 saturated heterocycles. The second-order valence-corrected chi connectivity index (χ2v) is 9.32. The third kappa shape index (κ3) is 4.83. The lowest BCUT2D eigenvalue weighted by atomic mass is 10.0. The number of benzene rings is 2. The summed E-state index contributed by atoms with van der Waals surface area (Å²) in [5.41, 5.74) is 1.42. The summed E-state index contributed by atoms with van der Waals surface area (Å²) in [5, 5.41) is 3.29. The van der Waals surface area contributed by atoms with E-state index < -0.39 is 12.2 Å². The monoisotopic (exact) mass is 524 g/mol. The highest BCUT2D eigenvalue weighted by Crippen LogP contribution is 2.29. The topological polar surface area (TPSA) is 84.2 Å². The van der Waals surface area contributed by atoms with E-state index in [1.165, 1.54) is 10.6 Å². The van der Waals surface area contributed by atoms with Gasteiger partial charge in [0.15, 0.2) is 5.82 Å². The number of aromatic nitrogens is 5. The molecule has 0 aliphatic carbocycles. The first-order valence-corrected chi connectivity index (χ1v) is 12.7. The number of ether oxygens (including phenoxy) is 1. The smallest absolute Gasteiger partial charge is 0.296 e. The summed E-state index contributed by atoms with van der Waals surface area (Å²) in [6, 6.07) is 13.7. The maximum atomic E-state index is 14.1. The van der Waals surface area contributed by atoms with Crippen LogP contribution in [0.5, 0.6) is 0 Å². The van der Waals surface area contributed by atoms with Gasteiger partial charge >= 0.3 is 0 Å². The number of hydrogen-bond acceptors (Lipinski definition) is 8. The highest BCUT2D eigenvalue weighted by Gasteiger charge is 2.27. The van der Waals surface area contributed by atoms with E-state index in [4.69, 9.17) is 9.72 Å². The molecule has 1 N–H and O–H groups in total. The number of para-hydroxylation sites is 3. The lowest BCUT2D eigenvalue weighted by Gasteiger charge is -2.34. The summed E-state index contributed by atoms with van der Waals surface area (Å²) in [6.07, 6.45) is -1.34. The average molecular weight is 525 g/mol. The molecule has 0 saturated carbocycles. The van der Waals surface area contributed by atoms with Gasteiger partial charge < -0.3 is 19.9 Å². The van der Waals surface area contributed by atoms with Gasteiger partial charge in [-0.3, -0.25) is 4.57 Å². The van der Waals surface area contributed by atoms with Gasteiger partial charge in [-0.2, -0.15) is 15.0 Å². The molecule has 38 heavy (non-hydrogen) atoms. The van der Waals surface area contributed by atoms with Crippen LogP contribution in [0.4, 0.5) is 30.8 Å². The van der Waals surface area contributed by atoms with E-state index >= 15 is 0 Å². The quantitative estimate of drug-likeness (QED) is 0.402. The Morgan fingerprint density at radius 2 is 1.42 bits per heavy atom. The van der Waals surface area contributed by atoms with Crippen LogP contribution in [0.2, 0.25) is 0 Å². The largest absolute Gasteiger partial charge is 0.380 e. The third-order valence-corrected chi connectivity index (χ3v) is 6.89. The summed E-state index contributed by atoms with van der Waals surface area (Å²) >= 11 is 0. The van der Waals surface area contributed by atoms with Gasteiger partial charge in [-0.25, -0.2) is 18.2 Å². The van der Waals surface area contributed by atoms with Crippen molar-refractivity contribution in [1.82, 2.24) is 24.5 Å². The van der Waals surface area contributed by atoms with Crippen LogP contribution in [0.25, 0.3) is 17.0 Å². The first kappa shape index (κ1) is 24.4. The summed E-state index contributed by atoms with van der Waals surface area (Å²) in [4.78, 5) is 22.2. The Labute approximate surface area is 217 Å². The molecule has 6 rings (SSSR count). The molecule has 2 aromatic carbocycles.